The van der Waals surface area contributed by atoms with Crippen LogP contribution in [0.5, 0.6) is 0 Å². The monoisotopic (exact) mass is 126 g/mol. The summed E-state index contributed by atoms with van der Waals surface area (Å²) in [7, 11) is 1.59. The number of rotatable bonds is 1. The van der Waals surface area contributed by atoms with Gasteiger partial charge in [-0.15, -0.1) is 0 Å². The molecular weight excluding hydrogens is 116 g/mol. The maximum absolute atomic E-state index is 4.96. The molecule has 1 heterocycles. The summed E-state index contributed by atoms with van der Waals surface area (Å²) in [4.78, 5) is 0. The van der Waals surface area contributed by atoms with E-state index in [2.05, 4.69) is 6.92 Å². The minimum atomic E-state index is 0.425. The van der Waals surface area contributed by atoms with Crippen LogP contribution in [0.2, 0.25) is 0 Å². The van der Waals surface area contributed by atoms with Gasteiger partial charge in [0, 0.05) is 12.0 Å². The van der Waals surface area contributed by atoms with Crippen LogP contribution in [0.4, 0.5) is 0 Å². The van der Waals surface area contributed by atoms with Crippen molar-refractivity contribution < 1.29 is 9.47 Å². The molecule has 50 valence electrons. The third-order valence-corrected chi connectivity index (χ3v) is 1.17. The Hall–Kier alpha value is -0.920. The third-order valence-electron chi connectivity index (χ3n) is 1.17. The second-order valence-electron chi connectivity index (χ2n) is 2.00. The van der Waals surface area contributed by atoms with Gasteiger partial charge in [0.05, 0.1) is 13.4 Å². The molecule has 0 bridgehead atoms. The lowest BCUT2D eigenvalue weighted by atomic mass is 10.2. The summed E-state index contributed by atoms with van der Waals surface area (Å²) >= 11 is 0. The van der Waals surface area contributed by atoms with E-state index >= 15 is 0 Å². The number of hydrogen-bond donors (Lipinski definition) is 0. The lowest BCUT2D eigenvalue weighted by Gasteiger charge is -2.10. The molecule has 0 aromatic heterocycles. The number of allylic oxidation sites excluding steroid dienone is 2. The second-order valence-corrected chi connectivity index (χ2v) is 2.00. The van der Waals surface area contributed by atoms with E-state index in [1.54, 1.807) is 13.4 Å². The Morgan fingerprint density at radius 2 is 2.44 bits per heavy atom. The molecule has 0 radical (unpaired) electrons. The highest BCUT2D eigenvalue weighted by Crippen LogP contribution is 2.12. The van der Waals surface area contributed by atoms with Crippen LogP contribution in [-0.2, 0) is 9.47 Å². The smallest absolute Gasteiger partial charge is 0.280 e. The summed E-state index contributed by atoms with van der Waals surface area (Å²) in [6, 6.07) is 0. The Balaban J connectivity index is 2.55. The normalized spacial score (nSPS) is 24.7. The van der Waals surface area contributed by atoms with E-state index in [1.807, 2.05) is 12.2 Å². The van der Waals surface area contributed by atoms with Gasteiger partial charge in [0.2, 0.25) is 0 Å². The number of ether oxygens (including phenoxy) is 2. The zero-order valence-corrected chi connectivity index (χ0v) is 5.63. The van der Waals surface area contributed by atoms with Crippen LogP contribution in [0, 0.1) is 5.92 Å². The number of hydrogen-bond acceptors (Lipinski definition) is 2. The molecule has 1 aliphatic rings. The highest BCUT2D eigenvalue weighted by atomic mass is 16.7. The topological polar surface area (TPSA) is 18.5 Å². The Bertz CT molecular complexity index is 147. The fourth-order valence-electron chi connectivity index (χ4n) is 0.656. The van der Waals surface area contributed by atoms with E-state index in [1.165, 1.54) is 0 Å². The van der Waals surface area contributed by atoms with E-state index in [4.69, 9.17) is 9.47 Å². The van der Waals surface area contributed by atoms with Gasteiger partial charge in [-0.05, 0) is 6.08 Å². The first kappa shape index (κ1) is 6.20. The average Bonchev–Trinajstić information content (AvgIpc) is 1.88. The van der Waals surface area contributed by atoms with Gasteiger partial charge < -0.3 is 9.47 Å². The molecule has 0 aromatic rings. The SMILES string of the molecule is COC1=CC(C)C=CO1. The molecule has 2 nitrogen and oxygen atoms in total. The zero-order chi connectivity index (χ0) is 6.69. The van der Waals surface area contributed by atoms with Crippen molar-refractivity contribution in [2.75, 3.05) is 7.11 Å². The highest BCUT2D eigenvalue weighted by Gasteiger charge is 2.03. The molecule has 9 heavy (non-hydrogen) atoms. The Morgan fingerprint density at radius 1 is 1.67 bits per heavy atom. The summed E-state index contributed by atoms with van der Waals surface area (Å²) in [6.07, 6.45) is 5.52. The molecule has 0 fully saturated rings. The molecule has 0 spiro atoms. The molecule has 0 saturated heterocycles. The molecule has 1 aliphatic heterocycles. The van der Waals surface area contributed by atoms with Crippen LogP contribution in [-0.4, -0.2) is 7.11 Å². The van der Waals surface area contributed by atoms with Gasteiger partial charge >= 0.3 is 0 Å². The lowest BCUT2D eigenvalue weighted by molar-refractivity contribution is 0.113. The maximum atomic E-state index is 4.96. The minimum absolute atomic E-state index is 0.425. The van der Waals surface area contributed by atoms with Crippen molar-refractivity contribution in [3.63, 3.8) is 0 Å². The van der Waals surface area contributed by atoms with E-state index in [0.29, 0.717) is 11.9 Å². The van der Waals surface area contributed by atoms with Crippen molar-refractivity contribution >= 4 is 0 Å². The summed E-state index contributed by atoms with van der Waals surface area (Å²) in [5.41, 5.74) is 0. The van der Waals surface area contributed by atoms with Crippen LogP contribution in [0.15, 0.2) is 24.4 Å². The van der Waals surface area contributed by atoms with Crippen LogP contribution < -0.4 is 0 Å². The largest absolute Gasteiger partial charge is 0.469 e. The predicted octanol–water partition coefficient (Wildman–Crippen LogP) is 1.65. The quantitative estimate of drug-likeness (QED) is 0.532. The van der Waals surface area contributed by atoms with Gasteiger partial charge in [0.25, 0.3) is 5.95 Å². The van der Waals surface area contributed by atoms with Gasteiger partial charge in [-0.3, -0.25) is 0 Å². The molecule has 1 unspecified atom stereocenters. The van der Waals surface area contributed by atoms with Crippen LogP contribution in [0.1, 0.15) is 6.92 Å². The van der Waals surface area contributed by atoms with Crippen LogP contribution in [0.3, 0.4) is 0 Å². The summed E-state index contributed by atoms with van der Waals surface area (Å²) in [5.74, 6) is 1.01. The average molecular weight is 126 g/mol. The lowest BCUT2D eigenvalue weighted by Crippen LogP contribution is -1.98. The first-order valence-electron chi connectivity index (χ1n) is 2.92. The van der Waals surface area contributed by atoms with Gasteiger partial charge in [-0.2, -0.15) is 0 Å². The Morgan fingerprint density at radius 3 is 2.89 bits per heavy atom. The third kappa shape index (κ3) is 1.49. The summed E-state index contributed by atoms with van der Waals surface area (Å²) in [6.45, 7) is 2.07. The Kier molecular flexibility index (Phi) is 1.78. The summed E-state index contributed by atoms with van der Waals surface area (Å²) < 4.78 is 9.80. The van der Waals surface area contributed by atoms with Gasteiger partial charge in [-0.25, -0.2) is 0 Å². The van der Waals surface area contributed by atoms with Crippen molar-refractivity contribution in [2.24, 2.45) is 5.92 Å². The van der Waals surface area contributed by atoms with Crippen molar-refractivity contribution in [3.05, 3.63) is 24.4 Å². The molecule has 0 amide bonds. The maximum Gasteiger partial charge on any atom is 0.280 e. The second kappa shape index (κ2) is 2.58. The Labute approximate surface area is 54.8 Å². The fourth-order valence-corrected chi connectivity index (χ4v) is 0.656. The van der Waals surface area contributed by atoms with Crippen molar-refractivity contribution in [1.82, 2.24) is 0 Å². The van der Waals surface area contributed by atoms with E-state index < -0.39 is 0 Å². The minimum Gasteiger partial charge on any atom is -0.469 e. The first-order valence-corrected chi connectivity index (χ1v) is 2.92. The van der Waals surface area contributed by atoms with Gasteiger partial charge in [0.1, 0.15) is 0 Å². The van der Waals surface area contributed by atoms with E-state index in [-0.39, 0.29) is 0 Å². The molecular formula is C7H10O2. The highest BCUT2D eigenvalue weighted by molar-refractivity contribution is 5.03. The molecule has 0 saturated carbocycles. The van der Waals surface area contributed by atoms with E-state index in [0.717, 1.165) is 0 Å². The van der Waals surface area contributed by atoms with Crippen LogP contribution >= 0.6 is 0 Å². The standard InChI is InChI=1S/C7H10O2/c1-6-3-4-9-7(5-6)8-2/h3-6H,1-2H3. The molecule has 0 N–H and O–H groups in total. The molecule has 0 aliphatic carbocycles. The number of methoxy groups -OCH3 is 1. The van der Waals surface area contributed by atoms with Gasteiger partial charge in [0.15, 0.2) is 0 Å². The van der Waals surface area contributed by atoms with Crippen molar-refractivity contribution in [3.8, 4) is 0 Å². The molecule has 1 rings (SSSR count). The predicted molar refractivity (Wildman–Crippen MR) is 34.5 cm³/mol. The van der Waals surface area contributed by atoms with Crippen molar-refractivity contribution in [2.45, 2.75) is 6.92 Å². The zero-order valence-electron chi connectivity index (χ0n) is 5.63. The van der Waals surface area contributed by atoms with Crippen LogP contribution in [0.25, 0.3) is 0 Å². The van der Waals surface area contributed by atoms with Gasteiger partial charge in [-0.1, -0.05) is 6.92 Å². The van der Waals surface area contributed by atoms with Crippen molar-refractivity contribution in [1.29, 1.82) is 0 Å². The summed E-state index contributed by atoms with van der Waals surface area (Å²) in [5, 5.41) is 0. The first-order chi connectivity index (χ1) is 4.33. The fraction of sp³-hybridized carbons (Fsp3) is 0.429. The molecule has 0 aromatic carbocycles. The molecule has 1 atom stereocenters. The molecule has 2 heteroatoms. The van der Waals surface area contributed by atoms with E-state index in [9.17, 15) is 0 Å².